The van der Waals surface area contributed by atoms with Crippen molar-refractivity contribution in [3.63, 3.8) is 0 Å². The molecule has 1 aromatic carbocycles. The molecule has 2 amide bonds. The molecule has 0 aromatic heterocycles. The van der Waals surface area contributed by atoms with E-state index in [0.29, 0.717) is 25.1 Å². The summed E-state index contributed by atoms with van der Waals surface area (Å²) in [6.45, 7) is 5.26. The maximum absolute atomic E-state index is 12.8. The van der Waals surface area contributed by atoms with Crippen LogP contribution in [0.3, 0.4) is 0 Å². The van der Waals surface area contributed by atoms with E-state index in [9.17, 15) is 9.59 Å². The van der Waals surface area contributed by atoms with Crippen LogP contribution in [0, 0.1) is 0 Å². The first-order valence-corrected chi connectivity index (χ1v) is 7.44. The summed E-state index contributed by atoms with van der Waals surface area (Å²) < 4.78 is 5.64. The fraction of sp³-hybridized carbons (Fsp3) is 0.500. The molecule has 0 aliphatic carbocycles. The maximum atomic E-state index is 12.8. The van der Waals surface area contributed by atoms with Gasteiger partial charge in [0.25, 0.3) is 5.91 Å². The van der Waals surface area contributed by atoms with Gasteiger partial charge < -0.3 is 15.0 Å². The lowest BCUT2D eigenvalue weighted by atomic mass is 10.0. The van der Waals surface area contributed by atoms with E-state index < -0.39 is 0 Å². The number of fused-ring (bicyclic) bond motifs is 1. The summed E-state index contributed by atoms with van der Waals surface area (Å²) in [5.41, 5.74) is 2.37. The Balaban J connectivity index is 1.84. The standard InChI is InChI=1S/C16H20N2O3/c1-3-13-9-21-10(2)8-18(13)16(20)11-4-5-14-12(6-11)7-15(19)17-14/h4-6,10,13H,3,7-9H2,1-2H3,(H,17,19). The minimum Gasteiger partial charge on any atom is -0.375 e. The number of nitrogens with zero attached hydrogens (tertiary/aromatic N) is 1. The molecule has 112 valence electrons. The quantitative estimate of drug-likeness (QED) is 0.903. The summed E-state index contributed by atoms with van der Waals surface area (Å²) in [6, 6.07) is 5.57. The van der Waals surface area contributed by atoms with Crippen molar-refractivity contribution in [3.05, 3.63) is 29.3 Å². The number of morpholine rings is 1. The van der Waals surface area contributed by atoms with Gasteiger partial charge in [-0.2, -0.15) is 0 Å². The summed E-state index contributed by atoms with van der Waals surface area (Å²) in [5, 5.41) is 2.79. The highest BCUT2D eigenvalue weighted by atomic mass is 16.5. The number of rotatable bonds is 2. The summed E-state index contributed by atoms with van der Waals surface area (Å²) in [6.07, 6.45) is 1.30. The zero-order valence-electron chi connectivity index (χ0n) is 12.4. The zero-order chi connectivity index (χ0) is 15.0. The molecule has 5 heteroatoms. The largest absolute Gasteiger partial charge is 0.375 e. The number of hydrogen-bond acceptors (Lipinski definition) is 3. The van der Waals surface area contributed by atoms with Crippen molar-refractivity contribution >= 4 is 17.5 Å². The number of amides is 2. The van der Waals surface area contributed by atoms with Crippen LogP contribution in [0.2, 0.25) is 0 Å². The number of hydrogen-bond donors (Lipinski definition) is 1. The van der Waals surface area contributed by atoms with Crippen LogP contribution in [0.5, 0.6) is 0 Å². The first kappa shape index (κ1) is 14.1. The Bertz CT molecular complexity index is 585. The maximum Gasteiger partial charge on any atom is 0.254 e. The van der Waals surface area contributed by atoms with E-state index >= 15 is 0 Å². The fourth-order valence-electron chi connectivity index (χ4n) is 2.96. The zero-order valence-corrected chi connectivity index (χ0v) is 12.4. The topological polar surface area (TPSA) is 58.6 Å². The third-order valence-corrected chi connectivity index (χ3v) is 4.18. The average Bonchev–Trinajstić information content (AvgIpc) is 2.85. The lowest BCUT2D eigenvalue weighted by Gasteiger charge is -2.38. The Kier molecular flexibility index (Phi) is 3.68. The summed E-state index contributed by atoms with van der Waals surface area (Å²) in [7, 11) is 0. The van der Waals surface area contributed by atoms with Crippen molar-refractivity contribution in [2.75, 3.05) is 18.5 Å². The van der Waals surface area contributed by atoms with E-state index in [2.05, 4.69) is 12.2 Å². The molecule has 1 aromatic rings. The van der Waals surface area contributed by atoms with Crippen LogP contribution in [0.15, 0.2) is 18.2 Å². The Hall–Kier alpha value is -1.88. The molecule has 2 heterocycles. The summed E-state index contributed by atoms with van der Waals surface area (Å²) in [5.74, 6) is 0.0141. The average molecular weight is 288 g/mol. The molecule has 1 saturated heterocycles. The third kappa shape index (κ3) is 2.65. The van der Waals surface area contributed by atoms with Gasteiger partial charge in [-0.15, -0.1) is 0 Å². The van der Waals surface area contributed by atoms with Crippen molar-refractivity contribution in [2.24, 2.45) is 0 Å². The van der Waals surface area contributed by atoms with Gasteiger partial charge in [0.15, 0.2) is 0 Å². The molecule has 2 aliphatic heterocycles. The fourth-order valence-corrected chi connectivity index (χ4v) is 2.96. The first-order valence-electron chi connectivity index (χ1n) is 7.44. The molecule has 3 rings (SSSR count). The number of carbonyl (C=O) groups excluding carboxylic acids is 2. The molecule has 2 unspecified atom stereocenters. The van der Waals surface area contributed by atoms with Crippen LogP contribution < -0.4 is 5.32 Å². The van der Waals surface area contributed by atoms with Gasteiger partial charge in [0.1, 0.15) is 0 Å². The van der Waals surface area contributed by atoms with Crippen LogP contribution in [-0.2, 0) is 16.0 Å². The SMILES string of the molecule is CCC1COC(C)CN1C(=O)c1ccc2c(c1)CC(=O)N2. The Morgan fingerprint density at radius 3 is 3.05 bits per heavy atom. The van der Waals surface area contributed by atoms with E-state index in [-0.39, 0.29) is 24.0 Å². The second kappa shape index (κ2) is 5.48. The lowest BCUT2D eigenvalue weighted by molar-refractivity contribution is -0.115. The number of anilines is 1. The minimum absolute atomic E-state index is 0.0129. The number of carbonyl (C=O) groups is 2. The van der Waals surface area contributed by atoms with Crippen molar-refractivity contribution in [3.8, 4) is 0 Å². The van der Waals surface area contributed by atoms with Crippen LogP contribution in [0.1, 0.15) is 36.2 Å². The highest BCUT2D eigenvalue weighted by Gasteiger charge is 2.30. The van der Waals surface area contributed by atoms with Crippen molar-refractivity contribution in [1.82, 2.24) is 4.90 Å². The molecule has 0 bridgehead atoms. The predicted molar refractivity (Wildman–Crippen MR) is 79.3 cm³/mol. The minimum atomic E-state index is -0.0129. The van der Waals surface area contributed by atoms with E-state index in [1.165, 1.54) is 0 Å². The van der Waals surface area contributed by atoms with E-state index in [4.69, 9.17) is 4.74 Å². The van der Waals surface area contributed by atoms with Gasteiger partial charge in [0, 0.05) is 17.8 Å². The second-order valence-corrected chi connectivity index (χ2v) is 5.76. The first-order chi connectivity index (χ1) is 10.1. The normalized spacial score (nSPS) is 24.7. The smallest absolute Gasteiger partial charge is 0.254 e. The molecule has 0 spiro atoms. The second-order valence-electron chi connectivity index (χ2n) is 5.76. The number of benzene rings is 1. The van der Waals surface area contributed by atoms with Crippen molar-refractivity contribution in [2.45, 2.75) is 38.8 Å². The predicted octanol–water partition coefficient (Wildman–Crippen LogP) is 1.82. The molecule has 0 radical (unpaired) electrons. The molecule has 1 fully saturated rings. The third-order valence-electron chi connectivity index (χ3n) is 4.18. The van der Waals surface area contributed by atoms with Crippen LogP contribution >= 0.6 is 0 Å². The number of ether oxygens (including phenoxy) is 1. The molecule has 5 nitrogen and oxygen atoms in total. The van der Waals surface area contributed by atoms with Gasteiger partial charge in [0.05, 0.1) is 25.2 Å². The van der Waals surface area contributed by atoms with Crippen LogP contribution in [-0.4, -0.2) is 42.0 Å². The molecule has 0 saturated carbocycles. The van der Waals surface area contributed by atoms with E-state index in [1.54, 1.807) is 6.07 Å². The van der Waals surface area contributed by atoms with Gasteiger partial charge in [0.2, 0.25) is 5.91 Å². The van der Waals surface area contributed by atoms with Gasteiger partial charge in [-0.1, -0.05) is 6.92 Å². The van der Waals surface area contributed by atoms with Gasteiger partial charge in [-0.3, -0.25) is 9.59 Å². The van der Waals surface area contributed by atoms with Crippen LogP contribution in [0.4, 0.5) is 5.69 Å². The monoisotopic (exact) mass is 288 g/mol. The highest BCUT2D eigenvalue weighted by Crippen LogP contribution is 2.25. The number of nitrogens with one attached hydrogen (secondary N) is 1. The Morgan fingerprint density at radius 2 is 2.29 bits per heavy atom. The van der Waals surface area contributed by atoms with Gasteiger partial charge in [-0.25, -0.2) is 0 Å². The van der Waals surface area contributed by atoms with Gasteiger partial charge in [-0.05, 0) is 37.1 Å². The summed E-state index contributed by atoms with van der Waals surface area (Å²) in [4.78, 5) is 26.1. The van der Waals surface area contributed by atoms with E-state index in [0.717, 1.165) is 17.7 Å². The molecular formula is C16H20N2O3. The van der Waals surface area contributed by atoms with E-state index in [1.807, 2.05) is 24.0 Å². The molecule has 21 heavy (non-hydrogen) atoms. The molecule has 2 aliphatic rings. The van der Waals surface area contributed by atoms with Crippen molar-refractivity contribution < 1.29 is 14.3 Å². The molecule has 1 N–H and O–H groups in total. The highest BCUT2D eigenvalue weighted by molar-refractivity contribution is 6.01. The lowest BCUT2D eigenvalue weighted by Crippen LogP contribution is -2.51. The van der Waals surface area contributed by atoms with Gasteiger partial charge >= 0.3 is 0 Å². The van der Waals surface area contributed by atoms with Crippen molar-refractivity contribution in [1.29, 1.82) is 0 Å². The van der Waals surface area contributed by atoms with Crippen LogP contribution in [0.25, 0.3) is 0 Å². The molecule has 2 atom stereocenters. The Labute approximate surface area is 124 Å². The molecular weight excluding hydrogens is 268 g/mol. The Morgan fingerprint density at radius 1 is 1.48 bits per heavy atom. The summed E-state index contributed by atoms with van der Waals surface area (Å²) >= 11 is 0.